The van der Waals surface area contributed by atoms with Gasteiger partial charge in [0.2, 0.25) is 5.91 Å². The highest BCUT2D eigenvalue weighted by molar-refractivity contribution is 5.88. The van der Waals surface area contributed by atoms with E-state index >= 15 is 0 Å². The van der Waals surface area contributed by atoms with E-state index in [1.807, 2.05) is 6.07 Å². The van der Waals surface area contributed by atoms with Crippen molar-refractivity contribution in [3.05, 3.63) is 59.7 Å². The molecule has 2 aliphatic carbocycles. The molecule has 1 aromatic carbocycles. The molecule has 1 N–H and O–H groups in total. The number of hydrogen-bond acceptors (Lipinski definition) is 1. The number of carbonyl (C=O) groups excluding carboxylic acids is 1. The molecule has 0 saturated heterocycles. The van der Waals surface area contributed by atoms with E-state index in [-0.39, 0.29) is 11.3 Å². The third-order valence-electron chi connectivity index (χ3n) is 5.47. The summed E-state index contributed by atoms with van der Waals surface area (Å²) in [4.78, 5) is 13.0. The van der Waals surface area contributed by atoms with Gasteiger partial charge in [-0.3, -0.25) is 4.79 Å². The Hall–Kier alpha value is -1.83. The molecule has 1 aromatic rings. The lowest BCUT2D eigenvalue weighted by atomic mass is 9.68. The van der Waals surface area contributed by atoms with Gasteiger partial charge in [-0.25, -0.2) is 0 Å². The topological polar surface area (TPSA) is 29.1 Å². The molecular formula is C22H29NO. The zero-order valence-electron chi connectivity index (χ0n) is 14.6. The predicted molar refractivity (Wildman–Crippen MR) is 99.9 cm³/mol. The SMILES string of the molecule is O=C(NCCCC1=CCCC=C1)C1(c2ccccc2)CCCCC1. The summed E-state index contributed by atoms with van der Waals surface area (Å²) in [6, 6.07) is 10.4. The number of amides is 1. The van der Waals surface area contributed by atoms with Crippen LogP contribution in [0.4, 0.5) is 0 Å². The minimum Gasteiger partial charge on any atom is -0.355 e. The van der Waals surface area contributed by atoms with Crippen LogP contribution >= 0.6 is 0 Å². The molecule has 0 spiro atoms. The summed E-state index contributed by atoms with van der Waals surface area (Å²) in [6.07, 6.45) is 16.7. The zero-order chi connectivity index (χ0) is 16.7. The average Bonchev–Trinajstić information content (AvgIpc) is 2.67. The molecule has 24 heavy (non-hydrogen) atoms. The van der Waals surface area contributed by atoms with Gasteiger partial charge in [0, 0.05) is 6.54 Å². The summed E-state index contributed by atoms with van der Waals surface area (Å²) in [5.41, 5.74) is 2.31. The highest BCUT2D eigenvalue weighted by atomic mass is 16.2. The Bertz CT molecular complexity index is 594. The standard InChI is InChI=1S/C22H29NO/c24-21(23-18-10-13-19-11-4-1-5-12-19)22(16-8-3-9-17-22)20-14-6-2-7-15-20/h2,4,6-7,11-12,14-15H,1,3,5,8-10,13,16-18H2,(H,23,24). The molecule has 1 saturated carbocycles. The summed E-state index contributed by atoms with van der Waals surface area (Å²) >= 11 is 0. The highest BCUT2D eigenvalue weighted by Gasteiger charge is 2.40. The molecule has 0 unspecified atom stereocenters. The fourth-order valence-corrected chi connectivity index (χ4v) is 4.08. The Labute approximate surface area is 146 Å². The Kier molecular flexibility index (Phi) is 5.90. The number of nitrogens with one attached hydrogen (secondary N) is 1. The summed E-state index contributed by atoms with van der Waals surface area (Å²) in [6.45, 7) is 0.776. The van der Waals surface area contributed by atoms with Crippen LogP contribution in [0.2, 0.25) is 0 Å². The molecule has 0 radical (unpaired) electrons. The molecule has 0 aliphatic heterocycles. The van der Waals surface area contributed by atoms with Crippen LogP contribution < -0.4 is 5.32 Å². The van der Waals surface area contributed by atoms with Crippen molar-refractivity contribution >= 4 is 5.91 Å². The van der Waals surface area contributed by atoms with Gasteiger partial charge in [-0.15, -0.1) is 0 Å². The van der Waals surface area contributed by atoms with Crippen LogP contribution in [0.3, 0.4) is 0 Å². The third-order valence-corrected chi connectivity index (χ3v) is 5.47. The lowest BCUT2D eigenvalue weighted by molar-refractivity contribution is -0.128. The molecule has 0 atom stereocenters. The maximum absolute atomic E-state index is 13.0. The largest absolute Gasteiger partial charge is 0.355 e. The molecule has 0 heterocycles. The van der Waals surface area contributed by atoms with Crippen LogP contribution in [0.15, 0.2) is 54.1 Å². The predicted octanol–water partition coefficient (Wildman–Crippen LogP) is 5.06. The van der Waals surface area contributed by atoms with Gasteiger partial charge < -0.3 is 5.32 Å². The van der Waals surface area contributed by atoms with Crippen LogP contribution in [0, 0.1) is 0 Å². The quantitative estimate of drug-likeness (QED) is 0.728. The molecule has 3 rings (SSSR count). The summed E-state index contributed by atoms with van der Waals surface area (Å²) in [5, 5.41) is 3.24. The second kappa shape index (κ2) is 8.32. The lowest BCUT2D eigenvalue weighted by Gasteiger charge is -2.36. The van der Waals surface area contributed by atoms with Crippen LogP contribution in [0.1, 0.15) is 63.4 Å². The first-order valence-electron chi connectivity index (χ1n) is 9.51. The van der Waals surface area contributed by atoms with Crippen molar-refractivity contribution in [3.63, 3.8) is 0 Å². The van der Waals surface area contributed by atoms with Crippen molar-refractivity contribution in [1.29, 1.82) is 0 Å². The van der Waals surface area contributed by atoms with E-state index in [1.165, 1.54) is 24.0 Å². The number of benzene rings is 1. The van der Waals surface area contributed by atoms with E-state index < -0.39 is 0 Å². The van der Waals surface area contributed by atoms with Gasteiger partial charge in [0.15, 0.2) is 0 Å². The molecule has 1 amide bonds. The maximum Gasteiger partial charge on any atom is 0.230 e. The van der Waals surface area contributed by atoms with Gasteiger partial charge >= 0.3 is 0 Å². The second-order valence-corrected chi connectivity index (χ2v) is 7.13. The zero-order valence-corrected chi connectivity index (χ0v) is 14.6. The van der Waals surface area contributed by atoms with Crippen LogP contribution in [-0.2, 0) is 10.2 Å². The van der Waals surface area contributed by atoms with Gasteiger partial charge in [0.05, 0.1) is 5.41 Å². The monoisotopic (exact) mass is 323 g/mol. The molecule has 2 heteroatoms. The Morgan fingerprint density at radius 3 is 2.54 bits per heavy atom. The van der Waals surface area contributed by atoms with Crippen molar-refractivity contribution in [1.82, 2.24) is 5.32 Å². The molecule has 0 bridgehead atoms. The van der Waals surface area contributed by atoms with E-state index in [9.17, 15) is 4.79 Å². The fraction of sp³-hybridized carbons (Fsp3) is 0.500. The smallest absolute Gasteiger partial charge is 0.230 e. The van der Waals surface area contributed by atoms with Crippen molar-refractivity contribution in [3.8, 4) is 0 Å². The second-order valence-electron chi connectivity index (χ2n) is 7.13. The molecule has 2 aliphatic rings. The minimum atomic E-state index is -0.302. The van der Waals surface area contributed by atoms with Crippen LogP contribution in [0.25, 0.3) is 0 Å². The van der Waals surface area contributed by atoms with E-state index in [4.69, 9.17) is 0 Å². The molecular weight excluding hydrogens is 294 g/mol. The number of rotatable bonds is 6. The molecule has 2 nitrogen and oxygen atoms in total. The van der Waals surface area contributed by atoms with Crippen molar-refractivity contribution in [2.24, 2.45) is 0 Å². The summed E-state index contributed by atoms with van der Waals surface area (Å²) < 4.78 is 0. The van der Waals surface area contributed by atoms with Crippen molar-refractivity contribution < 1.29 is 4.79 Å². The molecule has 1 fully saturated rings. The molecule has 128 valence electrons. The third kappa shape index (κ3) is 3.98. The Morgan fingerprint density at radius 2 is 1.83 bits per heavy atom. The minimum absolute atomic E-state index is 0.238. The van der Waals surface area contributed by atoms with Gasteiger partial charge in [0.25, 0.3) is 0 Å². The maximum atomic E-state index is 13.0. The van der Waals surface area contributed by atoms with E-state index in [1.54, 1.807) is 0 Å². The number of hydrogen-bond donors (Lipinski definition) is 1. The van der Waals surface area contributed by atoms with Crippen LogP contribution in [-0.4, -0.2) is 12.5 Å². The number of allylic oxidation sites excluding steroid dienone is 4. The van der Waals surface area contributed by atoms with E-state index in [0.717, 1.165) is 51.5 Å². The average molecular weight is 323 g/mol. The lowest BCUT2D eigenvalue weighted by Crippen LogP contribution is -2.46. The van der Waals surface area contributed by atoms with Gasteiger partial charge in [-0.05, 0) is 44.1 Å². The first-order valence-corrected chi connectivity index (χ1v) is 9.51. The first-order chi connectivity index (χ1) is 11.8. The molecule has 0 aromatic heterocycles. The fourth-order valence-electron chi connectivity index (χ4n) is 4.08. The highest BCUT2D eigenvalue weighted by Crippen LogP contribution is 2.39. The number of carbonyl (C=O) groups is 1. The van der Waals surface area contributed by atoms with Gasteiger partial charge in [-0.1, -0.05) is 73.4 Å². The van der Waals surface area contributed by atoms with Gasteiger partial charge in [0.1, 0.15) is 0 Å². The normalized spacial score (nSPS) is 19.6. The first kappa shape index (κ1) is 17.0. The Morgan fingerprint density at radius 1 is 1.04 bits per heavy atom. The van der Waals surface area contributed by atoms with Crippen molar-refractivity contribution in [2.45, 2.75) is 63.2 Å². The van der Waals surface area contributed by atoms with E-state index in [2.05, 4.69) is 47.8 Å². The summed E-state index contributed by atoms with van der Waals surface area (Å²) in [5.74, 6) is 0.238. The van der Waals surface area contributed by atoms with Crippen molar-refractivity contribution in [2.75, 3.05) is 6.54 Å². The van der Waals surface area contributed by atoms with Crippen LogP contribution in [0.5, 0.6) is 0 Å². The summed E-state index contributed by atoms with van der Waals surface area (Å²) in [7, 11) is 0. The van der Waals surface area contributed by atoms with Gasteiger partial charge in [-0.2, -0.15) is 0 Å². The van der Waals surface area contributed by atoms with E-state index in [0.29, 0.717) is 0 Å². The Balaban J connectivity index is 1.58.